The summed E-state index contributed by atoms with van der Waals surface area (Å²) in [4.78, 5) is 24.3. The van der Waals surface area contributed by atoms with Crippen molar-refractivity contribution in [2.45, 2.75) is 18.6 Å². The van der Waals surface area contributed by atoms with Crippen LogP contribution in [-0.2, 0) is 9.59 Å². The van der Waals surface area contributed by atoms with Crippen molar-refractivity contribution in [1.82, 2.24) is 5.32 Å². The van der Waals surface area contributed by atoms with E-state index in [0.29, 0.717) is 15.9 Å². The molecule has 148 valence electrons. The highest BCUT2D eigenvalue weighted by Crippen LogP contribution is 2.24. The second-order valence-corrected chi connectivity index (χ2v) is 7.85. The summed E-state index contributed by atoms with van der Waals surface area (Å²) in [6, 6.07) is 15.1. The third kappa shape index (κ3) is 6.30. The van der Waals surface area contributed by atoms with Crippen LogP contribution >= 0.6 is 23.4 Å². The molecule has 1 atom stereocenters. The molecule has 6 nitrogen and oxygen atoms in total. The molecule has 0 aliphatic carbocycles. The predicted octanol–water partition coefficient (Wildman–Crippen LogP) is 4.26. The number of anilines is 1. The summed E-state index contributed by atoms with van der Waals surface area (Å²) in [6.45, 7) is 1.88. The fraction of sp³-hybridized carbons (Fsp3) is 0.143. The van der Waals surface area contributed by atoms with Gasteiger partial charge in [-0.25, -0.2) is 0 Å². The van der Waals surface area contributed by atoms with E-state index >= 15 is 0 Å². The lowest BCUT2D eigenvalue weighted by molar-refractivity contribution is -0.122. The number of halogens is 1. The van der Waals surface area contributed by atoms with E-state index in [4.69, 9.17) is 11.6 Å². The Morgan fingerprint density at radius 1 is 1.28 bits per heavy atom. The van der Waals surface area contributed by atoms with Gasteiger partial charge in [-0.05, 0) is 36.3 Å². The molecule has 0 aromatic heterocycles. The number of nitrogens with one attached hydrogen (secondary N) is 2. The van der Waals surface area contributed by atoms with Crippen LogP contribution in [0, 0.1) is 6.92 Å². The van der Waals surface area contributed by atoms with Gasteiger partial charge < -0.3 is 10.6 Å². The first-order chi connectivity index (χ1) is 14.0. The van der Waals surface area contributed by atoms with Gasteiger partial charge in [-0.1, -0.05) is 65.8 Å². The zero-order chi connectivity index (χ0) is 20.6. The second kappa shape index (κ2) is 10.0. The number of thioether (sulfide) groups is 1. The predicted molar refractivity (Wildman–Crippen MR) is 120 cm³/mol. The van der Waals surface area contributed by atoms with Crippen LogP contribution in [0.5, 0.6) is 0 Å². The number of benzene rings is 2. The summed E-state index contributed by atoms with van der Waals surface area (Å²) in [5, 5.41) is 13.7. The second-order valence-electron chi connectivity index (χ2n) is 6.25. The number of rotatable bonds is 6. The topological polar surface area (TPSA) is 82.9 Å². The van der Waals surface area contributed by atoms with Gasteiger partial charge in [0.05, 0.1) is 0 Å². The molecule has 0 saturated carbocycles. The smallest absolute Gasteiger partial charge is 0.240 e. The maximum Gasteiger partial charge on any atom is 0.240 e. The average molecular weight is 427 g/mol. The monoisotopic (exact) mass is 426 g/mol. The SMILES string of the molecule is Cc1ccc(NC(=O)C[C@@H]2S/C(=N/N=C/C=C/c3ccccc3)NC2=O)cc1Cl. The highest BCUT2D eigenvalue weighted by Gasteiger charge is 2.32. The van der Waals surface area contributed by atoms with Gasteiger partial charge in [0.15, 0.2) is 5.17 Å². The first-order valence-corrected chi connectivity index (χ1v) is 10.1. The molecule has 0 bridgehead atoms. The van der Waals surface area contributed by atoms with E-state index in [-0.39, 0.29) is 18.2 Å². The minimum Gasteiger partial charge on any atom is -0.326 e. The van der Waals surface area contributed by atoms with Crippen molar-refractivity contribution in [2.24, 2.45) is 10.2 Å². The van der Waals surface area contributed by atoms with Crippen molar-refractivity contribution in [1.29, 1.82) is 0 Å². The number of aryl methyl sites for hydroxylation is 1. The van der Waals surface area contributed by atoms with Crippen molar-refractivity contribution in [2.75, 3.05) is 5.32 Å². The minimum atomic E-state index is -0.551. The van der Waals surface area contributed by atoms with Crippen LogP contribution in [0.2, 0.25) is 5.02 Å². The lowest BCUT2D eigenvalue weighted by atomic mass is 10.2. The van der Waals surface area contributed by atoms with Crippen molar-refractivity contribution < 1.29 is 9.59 Å². The standard InChI is InChI=1S/C21H19ClN4O2S/c1-14-9-10-16(12-17(14)22)24-19(27)13-18-20(28)25-21(29-18)26-23-11-5-8-15-6-3-2-4-7-15/h2-12,18H,13H2,1H3,(H,24,27)(H,25,26,28)/b8-5+,23-11+/t18-/m0/s1. The van der Waals surface area contributed by atoms with E-state index in [9.17, 15) is 9.59 Å². The number of hydrogen-bond donors (Lipinski definition) is 2. The van der Waals surface area contributed by atoms with Crippen LogP contribution < -0.4 is 10.6 Å². The number of nitrogens with zero attached hydrogens (tertiary/aromatic N) is 2. The molecule has 1 aliphatic heterocycles. The molecule has 0 unspecified atom stereocenters. The first kappa shape index (κ1) is 20.8. The molecule has 2 N–H and O–H groups in total. The number of amides is 2. The number of carbonyl (C=O) groups is 2. The molecule has 3 rings (SSSR count). The Morgan fingerprint density at radius 2 is 2.07 bits per heavy atom. The number of amidine groups is 1. The number of carbonyl (C=O) groups excluding carboxylic acids is 2. The molecule has 2 amide bonds. The lowest BCUT2D eigenvalue weighted by Crippen LogP contribution is -2.28. The fourth-order valence-corrected chi connectivity index (χ4v) is 3.58. The Balaban J connectivity index is 1.50. The minimum absolute atomic E-state index is 0.0264. The van der Waals surface area contributed by atoms with Gasteiger partial charge in [0.25, 0.3) is 0 Å². The molecule has 29 heavy (non-hydrogen) atoms. The third-order valence-electron chi connectivity index (χ3n) is 3.99. The molecule has 2 aromatic carbocycles. The molecule has 1 saturated heterocycles. The van der Waals surface area contributed by atoms with E-state index < -0.39 is 5.25 Å². The Bertz CT molecular complexity index is 989. The summed E-state index contributed by atoms with van der Waals surface area (Å²) < 4.78 is 0. The largest absolute Gasteiger partial charge is 0.326 e. The molecule has 1 heterocycles. The van der Waals surface area contributed by atoms with Gasteiger partial charge >= 0.3 is 0 Å². The molecular weight excluding hydrogens is 408 g/mol. The fourth-order valence-electron chi connectivity index (χ4n) is 2.48. The maximum atomic E-state index is 12.2. The quantitative estimate of drug-likeness (QED) is 0.534. The van der Waals surface area contributed by atoms with E-state index in [2.05, 4.69) is 20.8 Å². The highest BCUT2D eigenvalue weighted by atomic mass is 35.5. The highest BCUT2D eigenvalue weighted by molar-refractivity contribution is 8.15. The molecule has 2 aromatic rings. The van der Waals surface area contributed by atoms with E-state index in [0.717, 1.165) is 11.1 Å². The Kier molecular flexibility index (Phi) is 7.21. The Hall–Kier alpha value is -2.90. The van der Waals surface area contributed by atoms with Crippen LogP contribution in [0.4, 0.5) is 5.69 Å². The summed E-state index contributed by atoms with van der Waals surface area (Å²) in [7, 11) is 0. The Labute approximate surface area is 178 Å². The maximum absolute atomic E-state index is 12.2. The van der Waals surface area contributed by atoms with E-state index in [1.54, 1.807) is 18.2 Å². The molecule has 1 fully saturated rings. The van der Waals surface area contributed by atoms with Gasteiger partial charge in [0, 0.05) is 23.3 Å². The van der Waals surface area contributed by atoms with Crippen LogP contribution in [0.15, 0.2) is 64.8 Å². The summed E-state index contributed by atoms with van der Waals surface area (Å²) in [5.41, 5.74) is 2.57. The van der Waals surface area contributed by atoms with Crippen LogP contribution in [-0.4, -0.2) is 28.4 Å². The molecule has 1 aliphatic rings. The van der Waals surface area contributed by atoms with Crippen molar-refractivity contribution in [3.63, 3.8) is 0 Å². The molecule has 0 radical (unpaired) electrons. The zero-order valence-corrected chi connectivity index (χ0v) is 17.2. The molecular formula is C21H19ClN4O2S. The van der Waals surface area contributed by atoms with E-state index in [1.807, 2.05) is 49.4 Å². The summed E-state index contributed by atoms with van der Waals surface area (Å²) >= 11 is 7.24. The van der Waals surface area contributed by atoms with E-state index in [1.165, 1.54) is 18.0 Å². The molecule has 0 spiro atoms. The van der Waals surface area contributed by atoms with Gasteiger partial charge in [0.1, 0.15) is 5.25 Å². The average Bonchev–Trinajstić information content (AvgIpc) is 3.04. The van der Waals surface area contributed by atoms with Crippen LogP contribution in [0.3, 0.4) is 0 Å². The summed E-state index contributed by atoms with van der Waals surface area (Å²) in [5.74, 6) is -0.533. The van der Waals surface area contributed by atoms with Gasteiger partial charge in [-0.3, -0.25) is 9.59 Å². The van der Waals surface area contributed by atoms with Crippen molar-refractivity contribution in [3.8, 4) is 0 Å². The zero-order valence-electron chi connectivity index (χ0n) is 15.6. The van der Waals surface area contributed by atoms with Gasteiger partial charge in [-0.2, -0.15) is 5.10 Å². The first-order valence-electron chi connectivity index (χ1n) is 8.87. The van der Waals surface area contributed by atoms with Crippen LogP contribution in [0.1, 0.15) is 17.5 Å². The lowest BCUT2D eigenvalue weighted by Gasteiger charge is -2.08. The van der Waals surface area contributed by atoms with Crippen molar-refractivity contribution in [3.05, 3.63) is 70.8 Å². The number of hydrogen-bond acceptors (Lipinski definition) is 5. The van der Waals surface area contributed by atoms with Crippen LogP contribution in [0.25, 0.3) is 6.08 Å². The van der Waals surface area contributed by atoms with Crippen molar-refractivity contribution >= 4 is 58.3 Å². The van der Waals surface area contributed by atoms with Gasteiger partial charge in [-0.15, -0.1) is 5.10 Å². The van der Waals surface area contributed by atoms with Gasteiger partial charge in [0.2, 0.25) is 11.8 Å². The molecule has 8 heteroatoms. The summed E-state index contributed by atoms with van der Waals surface area (Å²) in [6.07, 6.45) is 5.22. The Morgan fingerprint density at radius 3 is 2.83 bits per heavy atom. The number of allylic oxidation sites excluding steroid dienone is 1. The third-order valence-corrected chi connectivity index (χ3v) is 5.47. The normalized spacial score (nSPS) is 17.9.